The second-order valence-electron chi connectivity index (χ2n) is 4.89. The Morgan fingerprint density at radius 2 is 2.05 bits per heavy atom. The number of nitro benzene ring substituents is 1. The van der Waals surface area contributed by atoms with E-state index < -0.39 is 14.8 Å². The van der Waals surface area contributed by atoms with Crippen molar-refractivity contribution in [3.8, 4) is 0 Å². The first-order valence-electron chi connectivity index (χ1n) is 6.33. The zero-order chi connectivity index (χ0) is 14.8. The molecule has 1 aliphatic heterocycles. The van der Waals surface area contributed by atoms with Gasteiger partial charge in [-0.1, -0.05) is 12.1 Å². The van der Waals surface area contributed by atoms with Crippen molar-refractivity contribution in [1.82, 2.24) is 4.90 Å². The number of hydrogen-bond acceptors (Lipinski definition) is 6. The van der Waals surface area contributed by atoms with E-state index in [-0.39, 0.29) is 22.9 Å². The minimum atomic E-state index is -2.96. The fourth-order valence-electron chi connectivity index (χ4n) is 2.29. The Balaban J connectivity index is 2.14. The van der Waals surface area contributed by atoms with Crippen molar-refractivity contribution in [3.05, 3.63) is 33.9 Å². The zero-order valence-electron chi connectivity index (χ0n) is 11.0. The van der Waals surface area contributed by atoms with Crippen LogP contribution in [0.1, 0.15) is 12.0 Å². The molecule has 8 heteroatoms. The summed E-state index contributed by atoms with van der Waals surface area (Å²) < 4.78 is 23.1. The Labute approximate surface area is 117 Å². The predicted molar refractivity (Wildman–Crippen MR) is 76.1 cm³/mol. The summed E-state index contributed by atoms with van der Waals surface area (Å²) in [5, 5.41) is 10.8. The Morgan fingerprint density at radius 3 is 2.75 bits per heavy atom. The third-order valence-electron chi connectivity index (χ3n) is 3.41. The fraction of sp³-hybridized carbons (Fsp3) is 0.500. The molecule has 0 radical (unpaired) electrons. The number of benzene rings is 1. The molecular formula is C12H17N3O4S. The minimum absolute atomic E-state index is 0.107. The van der Waals surface area contributed by atoms with Gasteiger partial charge in [-0.3, -0.25) is 15.0 Å². The van der Waals surface area contributed by atoms with Crippen LogP contribution in [0.25, 0.3) is 0 Å². The number of hydrogen-bond donors (Lipinski definition) is 1. The Hall–Kier alpha value is -1.67. The normalized spacial score (nSPS) is 19.4. The summed E-state index contributed by atoms with van der Waals surface area (Å²) in [6.07, 6.45) is 0.581. The van der Waals surface area contributed by atoms with Crippen molar-refractivity contribution in [2.45, 2.75) is 13.0 Å². The number of rotatable bonds is 3. The largest absolute Gasteiger partial charge is 0.393 e. The van der Waals surface area contributed by atoms with Crippen molar-refractivity contribution >= 4 is 21.2 Å². The SMILES string of the molecule is Nc1c(CN2CCCS(=O)(=O)CC2)cccc1[N+](=O)[O-]. The highest BCUT2D eigenvalue weighted by Gasteiger charge is 2.21. The Bertz CT molecular complexity index is 615. The van der Waals surface area contributed by atoms with E-state index in [1.165, 1.54) is 6.07 Å². The quantitative estimate of drug-likeness (QED) is 0.502. The van der Waals surface area contributed by atoms with Gasteiger partial charge in [0.05, 0.1) is 16.4 Å². The molecule has 2 N–H and O–H groups in total. The third kappa shape index (κ3) is 3.45. The third-order valence-corrected chi connectivity index (χ3v) is 5.13. The number of nitrogens with two attached hydrogens (primary N) is 1. The molecule has 0 bridgehead atoms. The molecule has 0 spiro atoms. The van der Waals surface area contributed by atoms with Crippen molar-refractivity contribution in [2.24, 2.45) is 0 Å². The number of nitrogens with zero attached hydrogens (tertiary/aromatic N) is 2. The summed E-state index contributed by atoms with van der Waals surface area (Å²) >= 11 is 0. The lowest BCUT2D eigenvalue weighted by atomic mass is 10.1. The van der Waals surface area contributed by atoms with Gasteiger partial charge in [-0.15, -0.1) is 0 Å². The van der Waals surface area contributed by atoms with Crippen LogP contribution in [0.15, 0.2) is 18.2 Å². The number of para-hydroxylation sites is 1. The number of nitrogen functional groups attached to an aromatic ring is 1. The summed E-state index contributed by atoms with van der Waals surface area (Å²) in [5.74, 6) is 0.329. The van der Waals surface area contributed by atoms with Crippen LogP contribution < -0.4 is 5.73 Å². The molecule has 0 atom stereocenters. The molecule has 0 aromatic heterocycles. The van der Waals surface area contributed by atoms with Crippen LogP contribution in [0, 0.1) is 10.1 Å². The minimum Gasteiger partial charge on any atom is -0.393 e. The molecule has 1 heterocycles. The van der Waals surface area contributed by atoms with Crippen LogP contribution >= 0.6 is 0 Å². The molecule has 0 amide bonds. The van der Waals surface area contributed by atoms with Gasteiger partial charge in [0.1, 0.15) is 5.69 Å². The van der Waals surface area contributed by atoms with Gasteiger partial charge in [0.25, 0.3) is 5.69 Å². The van der Waals surface area contributed by atoms with Crippen LogP contribution in [0.5, 0.6) is 0 Å². The molecular weight excluding hydrogens is 282 g/mol. The Kier molecular flexibility index (Phi) is 4.24. The maximum Gasteiger partial charge on any atom is 0.292 e. The average molecular weight is 299 g/mol. The average Bonchev–Trinajstić information content (AvgIpc) is 2.53. The molecule has 1 aromatic carbocycles. The van der Waals surface area contributed by atoms with E-state index in [9.17, 15) is 18.5 Å². The van der Waals surface area contributed by atoms with Gasteiger partial charge in [0, 0.05) is 19.2 Å². The molecule has 20 heavy (non-hydrogen) atoms. The molecule has 7 nitrogen and oxygen atoms in total. The first-order chi connectivity index (χ1) is 9.39. The molecule has 2 rings (SSSR count). The summed E-state index contributed by atoms with van der Waals surface area (Å²) in [6.45, 7) is 1.52. The van der Waals surface area contributed by atoms with E-state index in [1.54, 1.807) is 12.1 Å². The van der Waals surface area contributed by atoms with Crippen molar-refractivity contribution in [2.75, 3.05) is 30.3 Å². The summed E-state index contributed by atoms with van der Waals surface area (Å²) in [5.41, 5.74) is 6.52. The van der Waals surface area contributed by atoms with Crippen LogP contribution in [0.2, 0.25) is 0 Å². The van der Waals surface area contributed by atoms with Crippen molar-refractivity contribution in [3.63, 3.8) is 0 Å². The van der Waals surface area contributed by atoms with E-state index in [0.717, 1.165) is 0 Å². The molecule has 0 unspecified atom stereocenters. The Morgan fingerprint density at radius 1 is 1.30 bits per heavy atom. The first kappa shape index (κ1) is 14.7. The van der Waals surface area contributed by atoms with Gasteiger partial charge in [0.15, 0.2) is 9.84 Å². The maximum atomic E-state index is 11.5. The highest BCUT2D eigenvalue weighted by Crippen LogP contribution is 2.26. The van der Waals surface area contributed by atoms with E-state index in [0.29, 0.717) is 31.6 Å². The number of anilines is 1. The van der Waals surface area contributed by atoms with Gasteiger partial charge >= 0.3 is 0 Å². The molecule has 0 aliphatic carbocycles. The first-order valence-corrected chi connectivity index (χ1v) is 8.16. The molecule has 1 aliphatic rings. The van der Waals surface area contributed by atoms with Crippen LogP contribution in [0.4, 0.5) is 11.4 Å². The summed E-state index contributed by atoms with van der Waals surface area (Å²) in [6, 6.07) is 4.70. The van der Waals surface area contributed by atoms with Crippen molar-refractivity contribution < 1.29 is 13.3 Å². The highest BCUT2D eigenvalue weighted by molar-refractivity contribution is 7.91. The van der Waals surface area contributed by atoms with Crippen molar-refractivity contribution in [1.29, 1.82) is 0 Å². The van der Waals surface area contributed by atoms with Crippen LogP contribution in [-0.4, -0.2) is 42.8 Å². The van der Waals surface area contributed by atoms with Gasteiger partial charge in [-0.05, 0) is 18.5 Å². The van der Waals surface area contributed by atoms with Gasteiger partial charge in [-0.25, -0.2) is 8.42 Å². The lowest BCUT2D eigenvalue weighted by Crippen LogP contribution is -2.27. The molecule has 1 aromatic rings. The highest BCUT2D eigenvalue weighted by atomic mass is 32.2. The molecule has 110 valence electrons. The smallest absolute Gasteiger partial charge is 0.292 e. The van der Waals surface area contributed by atoms with E-state index in [2.05, 4.69) is 0 Å². The molecule has 1 saturated heterocycles. The second kappa shape index (κ2) is 5.76. The van der Waals surface area contributed by atoms with Gasteiger partial charge < -0.3 is 5.73 Å². The van der Waals surface area contributed by atoms with Gasteiger partial charge in [-0.2, -0.15) is 0 Å². The molecule has 1 fully saturated rings. The summed E-state index contributed by atoms with van der Waals surface area (Å²) in [4.78, 5) is 12.3. The van der Waals surface area contributed by atoms with E-state index in [4.69, 9.17) is 5.73 Å². The number of sulfone groups is 1. The lowest BCUT2D eigenvalue weighted by molar-refractivity contribution is -0.384. The predicted octanol–water partition coefficient (Wildman–Crippen LogP) is 0.798. The van der Waals surface area contributed by atoms with Crippen LogP contribution in [-0.2, 0) is 16.4 Å². The maximum absolute atomic E-state index is 11.5. The second-order valence-corrected chi connectivity index (χ2v) is 7.19. The standard InChI is InChI=1S/C12H17N3O4S/c13-12-10(3-1-4-11(12)15(16)17)9-14-5-2-7-20(18,19)8-6-14/h1,3-4H,2,5-9,13H2. The van der Waals surface area contributed by atoms with E-state index >= 15 is 0 Å². The lowest BCUT2D eigenvalue weighted by Gasteiger charge is -2.19. The van der Waals surface area contributed by atoms with Crippen LogP contribution in [0.3, 0.4) is 0 Å². The topological polar surface area (TPSA) is 107 Å². The van der Waals surface area contributed by atoms with E-state index in [1.807, 2.05) is 4.90 Å². The monoisotopic (exact) mass is 299 g/mol. The fourth-order valence-corrected chi connectivity index (χ4v) is 3.60. The molecule has 0 saturated carbocycles. The zero-order valence-corrected chi connectivity index (χ0v) is 11.8. The summed E-state index contributed by atoms with van der Waals surface area (Å²) in [7, 11) is -2.96. The number of nitro groups is 1. The van der Waals surface area contributed by atoms with Gasteiger partial charge in [0.2, 0.25) is 0 Å².